The number of rotatable bonds is 4. The summed E-state index contributed by atoms with van der Waals surface area (Å²) in [6, 6.07) is 1.12. The van der Waals surface area contributed by atoms with Gasteiger partial charge in [-0.05, 0) is 18.8 Å². The Bertz CT molecular complexity index is 647. The second kappa shape index (κ2) is 4.87. The first-order valence-electron chi connectivity index (χ1n) is 6.76. The average molecular weight is 299 g/mol. The lowest BCUT2D eigenvalue weighted by atomic mass is 10.1. The summed E-state index contributed by atoms with van der Waals surface area (Å²) in [5.41, 5.74) is 5.22. The van der Waals surface area contributed by atoms with Gasteiger partial charge in [-0.1, -0.05) is 0 Å². The molecule has 1 aliphatic rings. The molecule has 1 unspecified atom stereocenters. The molecule has 0 saturated heterocycles. The van der Waals surface area contributed by atoms with Gasteiger partial charge in [-0.3, -0.25) is 0 Å². The third-order valence-electron chi connectivity index (χ3n) is 3.90. The molecule has 0 bridgehead atoms. The van der Waals surface area contributed by atoms with E-state index in [0.29, 0.717) is 23.8 Å². The zero-order chi connectivity index (χ0) is 15.2. The highest BCUT2D eigenvalue weighted by atomic mass is 19.4. The Morgan fingerprint density at radius 1 is 1.48 bits per heavy atom. The summed E-state index contributed by atoms with van der Waals surface area (Å²) in [6.07, 6.45) is 0.597. The van der Waals surface area contributed by atoms with Crippen LogP contribution in [0.2, 0.25) is 0 Å². The normalized spacial score (nSPS) is 17.2. The number of halogens is 3. The van der Waals surface area contributed by atoms with Crippen molar-refractivity contribution in [1.82, 2.24) is 14.6 Å². The summed E-state index contributed by atoms with van der Waals surface area (Å²) >= 11 is 0. The minimum Gasteiger partial charge on any atom is -0.353 e. The number of aromatic nitrogens is 3. The van der Waals surface area contributed by atoms with Gasteiger partial charge in [0.05, 0.1) is 0 Å². The maximum atomic E-state index is 12.8. The Kier molecular flexibility index (Phi) is 3.27. The van der Waals surface area contributed by atoms with Gasteiger partial charge >= 0.3 is 6.18 Å². The molecule has 0 radical (unpaired) electrons. The Morgan fingerprint density at radius 2 is 2.19 bits per heavy atom. The summed E-state index contributed by atoms with van der Waals surface area (Å²) in [5.74, 6) is 0.968. The van der Waals surface area contributed by atoms with Crippen molar-refractivity contribution in [2.24, 2.45) is 11.7 Å². The predicted octanol–water partition coefficient (Wildman–Crippen LogP) is 1.92. The molecule has 2 aromatic heterocycles. The highest BCUT2D eigenvalue weighted by Gasteiger charge is 2.36. The van der Waals surface area contributed by atoms with Crippen LogP contribution in [0.15, 0.2) is 18.5 Å². The van der Waals surface area contributed by atoms with Crippen LogP contribution in [0, 0.1) is 5.92 Å². The number of nitrogens with zero attached hydrogens (tertiary/aromatic N) is 4. The molecule has 114 valence electrons. The fourth-order valence-corrected chi connectivity index (χ4v) is 2.62. The molecule has 8 heteroatoms. The zero-order valence-electron chi connectivity index (χ0n) is 11.5. The van der Waals surface area contributed by atoms with Crippen molar-refractivity contribution >= 4 is 11.3 Å². The first-order chi connectivity index (χ1) is 9.91. The van der Waals surface area contributed by atoms with Crippen molar-refractivity contribution in [3.05, 3.63) is 24.2 Å². The maximum Gasteiger partial charge on any atom is 0.435 e. The standard InChI is InChI=1S/C13H16F3N5/c1-20(10(7-17)8-2-3-8)12-9-6-11(13(14,15)16)19-21(9)5-4-18-12/h4-6,8,10H,2-3,7,17H2,1H3. The van der Waals surface area contributed by atoms with Gasteiger partial charge in [-0.2, -0.15) is 18.3 Å². The third-order valence-corrected chi connectivity index (χ3v) is 3.90. The smallest absolute Gasteiger partial charge is 0.353 e. The number of alkyl halides is 3. The van der Waals surface area contributed by atoms with Gasteiger partial charge in [0.1, 0.15) is 5.52 Å². The van der Waals surface area contributed by atoms with E-state index in [4.69, 9.17) is 5.73 Å². The first-order valence-corrected chi connectivity index (χ1v) is 6.76. The highest BCUT2D eigenvalue weighted by Crippen LogP contribution is 2.37. The quantitative estimate of drug-likeness (QED) is 0.937. The first kappa shape index (κ1) is 14.1. The molecular weight excluding hydrogens is 283 g/mol. The topological polar surface area (TPSA) is 59.5 Å². The molecule has 1 saturated carbocycles. The Labute approximate surface area is 119 Å². The van der Waals surface area contributed by atoms with Crippen LogP contribution in [0.1, 0.15) is 18.5 Å². The number of fused-ring (bicyclic) bond motifs is 1. The van der Waals surface area contributed by atoms with E-state index in [1.54, 1.807) is 0 Å². The Hall–Kier alpha value is -1.83. The molecule has 2 N–H and O–H groups in total. The van der Waals surface area contributed by atoms with Crippen LogP contribution in [0.4, 0.5) is 19.0 Å². The van der Waals surface area contributed by atoms with E-state index in [0.717, 1.165) is 18.9 Å². The Balaban J connectivity index is 2.03. The van der Waals surface area contributed by atoms with E-state index in [1.165, 1.54) is 16.9 Å². The van der Waals surface area contributed by atoms with Crippen LogP contribution in [-0.2, 0) is 6.18 Å². The molecule has 0 aliphatic heterocycles. The minimum atomic E-state index is -4.47. The molecule has 2 heterocycles. The van der Waals surface area contributed by atoms with E-state index >= 15 is 0 Å². The van der Waals surface area contributed by atoms with Crippen LogP contribution in [0.25, 0.3) is 5.52 Å². The molecule has 2 aromatic rings. The van der Waals surface area contributed by atoms with Crippen LogP contribution in [0.5, 0.6) is 0 Å². The van der Waals surface area contributed by atoms with Gasteiger partial charge < -0.3 is 10.6 Å². The van der Waals surface area contributed by atoms with E-state index in [2.05, 4.69) is 10.1 Å². The Morgan fingerprint density at radius 3 is 2.76 bits per heavy atom. The fraction of sp³-hybridized carbons (Fsp3) is 0.538. The number of likely N-dealkylation sites (N-methyl/N-ethyl adjacent to an activating group) is 1. The minimum absolute atomic E-state index is 0.0907. The lowest BCUT2D eigenvalue weighted by Gasteiger charge is -2.28. The number of anilines is 1. The maximum absolute atomic E-state index is 12.8. The average Bonchev–Trinajstić information content (AvgIpc) is 3.14. The molecule has 0 spiro atoms. The van der Waals surface area contributed by atoms with Crippen LogP contribution >= 0.6 is 0 Å². The second-order valence-corrected chi connectivity index (χ2v) is 5.36. The monoisotopic (exact) mass is 299 g/mol. The van der Waals surface area contributed by atoms with Crippen molar-refractivity contribution in [2.45, 2.75) is 25.1 Å². The number of hydrogen-bond acceptors (Lipinski definition) is 4. The summed E-state index contributed by atoms with van der Waals surface area (Å²) in [5, 5.41) is 3.57. The van der Waals surface area contributed by atoms with E-state index < -0.39 is 11.9 Å². The zero-order valence-corrected chi connectivity index (χ0v) is 11.5. The molecule has 1 atom stereocenters. The highest BCUT2D eigenvalue weighted by molar-refractivity contribution is 5.69. The second-order valence-electron chi connectivity index (χ2n) is 5.36. The molecule has 21 heavy (non-hydrogen) atoms. The van der Waals surface area contributed by atoms with Crippen molar-refractivity contribution < 1.29 is 13.2 Å². The van der Waals surface area contributed by atoms with Crippen molar-refractivity contribution in [1.29, 1.82) is 0 Å². The van der Waals surface area contributed by atoms with Crippen molar-refractivity contribution in [3.8, 4) is 0 Å². The molecular formula is C13H16F3N5. The van der Waals surface area contributed by atoms with Crippen molar-refractivity contribution in [3.63, 3.8) is 0 Å². The van der Waals surface area contributed by atoms with Crippen LogP contribution in [0.3, 0.4) is 0 Å². The van der Waals surface area contributed by atoms with E-state index in [-0.39, 0.29) is 6.04 Å². The van der Waals surface area contributed by atoms with E-state index in [1.807, 2.05) is 11.9 Å². The SMILES string of the molecule is CN(c1nccn2nc(C(F)(F)F)cc12)C(CN)C1CC1. The molecule has 5 nitrogen and oxygen atoms in total. The lowest BCUT2D eigenvalue weighted by Crippen LogP contribution is -2.40. The molecule has 1 fully saturated rings. The number of hydrogen-bond donors (Lipinski definition) is 1. The van der Waals surface area contributed by atoms with Crippen LogP contribution < -0.4 is 10.6 Å². The largest absolute Gasteiger partial charge is 0.435 e. The van der Waals surface area contributed by atoms with Gasteiger partial charge in [0.15, 0.2) is 11.5 Å². The van der Waals surface area contributed by atoms with Crippen molar-refractivity contribution in [2.75, 3.05) is 18.5 Å². The summed E-state index contributed by atoms with van der Waals surface area (Å²) in [7, 11) is 1.82. The predicted molar refractivity (Wildman–Crippen MR) is 72.0 cm³/mol. The molecule has 3 rings (SSSR count). The fourth-order valence-electron chi connectivity index (χ4n) is 2.62. The molecule has 0 aromatic carbocycles. The summed E-state index contributed by atoms with van der Waals surface area (Å²) in [4.78, 5) is 6.09. The summed E-state index contributed by atoms with van der Waals surface area (Å²) in [6.45, 7) is 0.449. The lowest BCUT2D eigenvalue weighted by molar-refractivity contribution is -0.141. The third kappa shape index (κ3) is 2.55. The van der Waals surface area contributed by atoms with E-state index in [9.17, 15) is 13.2 Å². The molecule has 1 aliphatic carbocycles. The van der Waals surface area contributed by atoms with Gasteiger partial charge in [0.2, 0.25) is 0 Å². The molecule has 0 amide bonds. The van der Waals surface area contributed by atoms with Gasteiger partial charge in [0.25, 0.3) is 0 Å². The van der Waals surface area contributed by atoms with Crippen LogP contribution in [-0.4, -0.2) is 34.2 Å². The van der Waals surface area contributed by atoms with Gasteiger partial charge in [-0.25, -0.2) is 9.50 Å². The van der Waals surface area contributed by atoms with Gasteiger partial charge in [-0.15, -0.1) is 0 Å². The van der Waals surface area contributed by atoms with Gasteiger partial charge in [0, 0.05) is 38.1 Å². The number of nitrogens with two attached hydrogens (primary N) is 1. The summed E-state index contributed by atoms with van der Waals surface area (Å²) < 4.78 is 39.6.